The number of hydrogen-bond acceptors (Lipinski definition) is 3. The largest absolute Gasteiger partial charge is 0.348 e. The van der Waals surface area contributed by atoms with Crippen LogP contribution in [0.1, 0.15) is 49.7 Å². The van der Waals surface area contributed by atoms with Crippen molar-refractivity contribution in [3.63, 3.8) is 0 Å². The lowest BCUT2D eigenvalue weighted by Crippen LogP contribution is -2.35. The molecule has 2 rings (SSSR count). The SMILES string of the molecule is CCN(CC)CCCC(C)NC(=O)c1c(C#N)ccn1-c1ccccc1Br. The van der Waals surface area contributed by atoms with E-state index in [4.69, 9.17) is 0 Å². The van der Waals surface area contributed by atoms with Gasteiger partial charge in [-0.3, -0.25) is 4.79 Å². The number of nitrogens with zero attached hydrogens (tertiary/aromatic N) is 3. The van der Waals surface area contributed by atoms with E-state index in [2.05, 4.69) is 46.1 Å². The Kier molecular flexibility index (Phi) is 8.08. The van der Waals surface area contributed by atoms with Crippen molar-refractivity contribution in [2.24, 2.45) is 0 Å². The van der Waals surface area contributed by atoms with Crippen molar-refractivity contribution in [1.82, 2.24) is 14.8 Å². The molecule has 1 N–H and O–H groups in total. The molecule has 0 bridgehead atoms. The summed E-state index contributed by atoms with van der Waals surface area (Å²) >= 11 is 3.52. The lowest BCUT2D eigenvalue weighted by atomic mass is 10.1. The maximum atomic E-state index is 12.9. The third kappa shape index (κ3) is 5.44. The van der Waals surface area contributed by atoms with Crippen LogP contribution >= 0.6 is 15.9 Å². The molecule has 0 radical (unpaired) electrons. The molecule has 2 aromatic rings. The zero-order valence-corrected chi connectivity index (χ0v) is 17.8. The van der Waals surface area contributed by atoms with Crippen molar-refractivity contribution in [1.29, 1.82) is 5.26 Å². The number of halogens is 1. The molecule has 0 aliphatic heterocycles. The fourth-order valence-electron chi connectivity index (χ4n) is 3.13. The minimum Gasteiger partial charge on any atom is -0.348 e. The highest BCUT2D eigenvalue weighted by molar-refractivity contribution is 9.10. The lowest BCUT2D eigenvalue weighted by molar-refractivity contribution is 0.0930. The third-order valence-electron chi connectivity index (χ3n) is 4.72. The summed E-state index contributed by atoms with van der Waals surface area (Å²) < 4.78 is 2.63. The topological polar surface area (TPSA) is 61.1 Å². The Balaban J connectivity index is 2.11. The van der Waals surface area contributed by atoms with Gasteiger partial charge in [0.25, 0.3) is 5.91 Å². The van der Waals surface area contributed by atoms with Gasteiger partial charge in [0.1, 0.15) is 11.8 Å². The molecule has 5 nitrogen and oxygen atoms in total. The van der Waals surface area contributed by atoms with E-state index in [1.165, 1.54) is 0 Å². The van der Waals surface area contributed by atoms with Gasteiger partial charge in [0.15, 0.2) is 0 Å². The summed E-state index contributed by atoms with van der Waals surface area (Å²) in [5, 5.41) is 12.5. The number of para-hydroxylation sites is 1. The van der Waals surface area contributed by atoms with Crippen LogP contribution in [0.3, 0.4) is 0 Å². The van der Waals surface area contributed by atoms with Gasteiger partial charge in [0.05, 0.1) is 11.3 Å². The van der Waals surface area contributed by atoms with E-state index >= 15 is 0 Å². The first-order valence-corrected chi connectivity index (χ1v) is 10.2. The van der Waals surface area contributed by atoms with Gasteiger partial charge in [0.2, 0.25) is 0 Å². The second kappa shape index (κ2) is 10.3. The Morgan fingerprint density at radius 3 is 2.63 bits per heavy atom. The van der Waals surface area contributed by atoms with E-state index < -0.39 is 0 Å². The van der Waals surface area contributed by atoms with Crippen LogP contribution in [0, 0.1) is 11.3 Å². The summed E-state index contributed by atoms with van der Waals surface area (Å²) in [5.41, 5.74) is 1.58. The molecule has 6 heteroatoms. The summed E-state index contributed by atoms with van der Waals surface area (Å²) in [5.74, 6) is -0.220. The van der Waals surface area contributed by atoms with Gasteiger partial charge >= 0.3 is 0 Å². The monoisotopic (exact) mass is 430 g/mol. The quantitative estimate of drug-likeness (QED) is 0.642. The van der Waals surface area contributed by atoms with Crippen molar-refractivity contribution < 1.29 is 4.79 Å². The van der Waals surface area contributed by atoms with Crippen molar-refractivity contribution in [3.8, 4) is 11.8 Å². The summed E-state index contributed by atoms with van der Waals surface area (Å²) in [4.78, 5) is 15.3. The highest BCUT2D eigenvalue weighted by Gasteiger charge is 2.20. The molecule has 0 spiro atoms. The molecule has 1 atom stereocenters. The van der Waals surface area contributed by atoms with Gasteiger partial charge in [-0.25, -0.2) is 0 Å². The first-order valence-electron chi connectivity index (χ1n) is 9.41. The standard InChI is InChI=1S/C21H27BrN4O/c1-4-25(5-2)13-8-9-16(3)24-21(27)20-17(15-23)12-14-26(20)19-11-7-6-10-18(19)22/h6-7,10-12,14,16H,4-5,8-9,13H2,1-3H3,(H,24,27). The van der Waals surface area contributed by atoms with Crippen LogP contribution in [0.4, 0.5) is 0 Å². The Morgan fingerprint density at radius 1 is 1.30 bits per heavy atom. The molecular formula is C21H27BrN4O. The minimum absolute atomic E-state index is 0.0437. The van der Waals surface area contributed by atoms with Crippen LogP contribution in [0.5, 0.6) is 0 Å². The van der Waals surface area contributed by atoms with Crippen LogP contribution in [-0.4, -0.2) is 41.1 Å². The molecule has 27 heavy (non-hydrogen) atoms. The number of carbonyl (C=O) groups excluding carboxylic acids is 1. The number of rotatable bonds is 9. The third-order valence-corrected chi connectivity index (χ3v) is 5.39. The fraction of sp³-hybridized carbons (Fsp3) is 0.429. The van der Waals surface area contributed by atoms with E-state index in [-0.39, 0.29) is 11.9 Å². The second-order valence-corrected chi connectivity index (χ2v) is 7.41. The number of hydrogen-bond donors (Lipinski definition) is 1. The molecule has 1 aromatic heterocycles. The Labute approximate surface area is 170 Å². The van der Waals surface area contributed by atoms with Crippen LogP contribution < -0.4 is 5.32 Å². The first-order chi connectivity index (χ1) is 13.0. The molecule has 144 valence electrons. The average Bonchev–Trinajstić information content (AvgIpc) is 3.09. The van der Waals surface area contributed by atoms with E-state index in [9.17, 15) is 10.1 Å². The molecule has 0 saturated heterocycles. The average molecular weight is 431 g/mol. The smallest absolute Gasteiger partial charge is 0.269 e. The predicted molar refractivity (Wildman–Crippen MR) is 112 cm³/mol. The molecule has 0 saturated carbocycles. The highest BCUT2D eigenvalue weighted by Crippen LogP contribution is 2.24. The van der Waals surface area contributed by atoms with Crippen LogP contribution in [0.25, 0.3) is 5.69 Å². The number of amides is 1. The van der Waals surface area contributed by atoms with Gasteiger partial charge in [0, 0.05) is 16.7 Å². The van der Waals surface area contributed by atoms with Gasteiger partial charge in [-0.1, -0.05) is 26.0 Å². The van der Waals surface area contributed by atoms with E-state index in [0.29, 0.717) is 11.3 Å². The molecule has 0 fully saturated rings. The van der Waals surface area contributed by atoms with Gasteiger partial charge in [-0.05, 0) is 73.5 Å². The van der Waals surface area contributed by atoms with E-state index in [1.54, 1.807) is 16.8 Å². The summed E-state index contributed by atoms with van der Waals surface area (Å²) in [6.07, 6.45) is 3.69. The number of nitrogens with one attached hydrogen (secondary N) is 1. The van der Waals surface area contributed by atoms with Gasteiger partial charge in [-0.2, -0.15) is 5.26 Å². The van der Waals surface area contributed by atoms with E-state index in [0.717, 1.165) is 42.6 Å². The Morgan fingerprint density at radius 2 is 2.00 bits per heavy atom. The van der Waals surface area contributed by atoms with Crippen LogP contribution in [0.2, 0.25) is 0 Å². The molecule has 1 heterocycles. The second-order valence-electron chi connectivity index (χ2n) is 6.55. The van der Waals surface area contributed by atoms with Gasteiger partial charge < -0.3 is 14.8 Å². The molecule has 0 aliphatic rings. The molecule has 1 unspecified atom stereocenters. The normalized spacial score (nSPS) is 12.0. The lowest BCUT2D eigenvalue weighted by Gasteiger charge is -2.20. The van der Waals surface area contributed by atoms with Crippen molar-refractivity contribution in [3.05, 3.63) is 52.3 Å². The van der Waals surface area contributed by atoms with Crippen molar-refractivity contribution in [2.75, 3.05) is 19.6 Å². The maximum absolute atomic E-state index is 12.9. The molecule has 1 aromatic carbocycles. The summed E-state index contributed by atoms with van der Waals surface area (Å²) in [6, 6.07) is 11.5. The summed E-state index contributed by atoms with van der Waals surface area (Å²) in [6.45, 7) is 9.45. The van der Waals surface area contributed by atoms with Crippen LogP contribution in [-0.2, 0) is 0 Å². The first kappa shape index (κ1) is 21.2. The minimum atomic E-state index is -0.220. The number of carbonyl (C=O) groups is 1. The zero-order valence-electron chi connectivity index (χ0n) is 16.2. The summed E-state index contributed by atoms with van der Waals surface area (Å²) in [7, 11) is 0. The van der Waals surface area contributed by atoms with Crippen molar-refractivity contribution >= 4 is 21.8 Å². The number of benzene rings is 1. The van der Waals surface area contributed by atoms with Crippen LogP contribution in [0.15, 0.2) is 41.0 Å². The van der Waals surface area contributed by atoms with Gasteiger partial charge in [-0.15, -0.1) is 0 Å². The number of aromatic nitrogens is 1. The number of nitriles is 1. The van der Waals surface area contributed by atoms with E-state index in [1.807, 2.05) is 31.2 Å². The molecular weight excluding hydrogens is 404 g/mol. The maximum Gasteiger partial charge on any atom is 0.269 e. The molecule has 0 aliphatic carbocycles. The Bertz CT molecular complexity index is 805. The highest BCUT2D eigenvalue weighted by atomic mass is 79.9. The molecule has 1 amide bonds. The Hall–Kier alpha value is -2.10. The van der Waals surface area contributed by atoms with Crippen molar-refractivity contribution in [2.45, 2.75) is 39.7 Å². The zero-order chi connectivity index (χ0) is 19.8. The predicted octanol–water partition coefficient (Wildman–Crippen LogP) is 4.35. The fourth-order valence-corrected chi connectivity index (χ4v) is 3.60.